The predicted octanol–water partition coefficient (Wildman–Crippen LogP) is 0.122. The number of amides is 2. The number of methoxy groups -OCH3 is 2. The Bertz CT molecular complexity index is 844. The van der Waals surface area contributed by atoms with E-state index in [1.807, 2.05) is 0 Å². The highest BCUT2D eigenvalue weighted by atomic mass is 32.2. The van der Waals surface area contributed by atoms with E-state index in [0.717, 1.165) is 23.6 Å². The molecule has 0 fully saturated rings. The molecule has 0 aromatic carbocycles. The van der Waals surface area contributed by atoms with Crippen LogP contribution >= 0.6 is 11.3 Å². The molecular weight excluding hydrogens is 374 g/mol. The maximum atomic E-state index is 12.3. The molecule has 3 N–H and O–H groups in total. The van der Waals surface area contributed by atoms with Crippen molar-refractivity contribution in [3.63, 3.8) is 0 Å². The summed E-state index contributed by atoms with van der Waals surface area (Å²) in [5.74, 6) is -0.202. The molecular formula is C12H15N5O6S2. The summed E-state index contributed by atoms with van der Waals surface area (Å²) in [6.07, 6.45) is 1.30. The smallest absolute Gasteiger partial charge is 0.349 e. The third-order valence-corrected chi connectivity index (χ3v) is 5.14. The summed E-state index contributed by atoms with van der Waals surface area (Å²) < 4.78 is 35.9. The molecule has 13 heteroatoms. The fraction of sp³-hybridized carbons (Fsp3) is 0.250. The minimum atomic E-state index is -4.27. The van der Waals surface area contributed by atoms with Gasteiger partial charge in [-0.3, -0.25) is 5.43 Å². The van der Waals surface area contributed by atoms with Crippen LogP contribution in [0.25, 0.3) is 0 Å². The van der Waals surface area contributed by atoms with Crippen molar-refractivity contribution in [2.24, 2.45) is 4.99 Å². The van der Waals surface area contributed by atoms with E-state index in [-0.39, 0.29) is 15.7 Å². The van der Waals surface area contributed by atoms with Gasteiger partial charge in [0.1, 0.15) is 21.8 Å². The number of thiophene rings is 1. The van der Waals surface area contributed by atoms with Gasteiger partial charge < -0.3 is 9.47 Å². The van der Waals surface area contributed by atoms with Gasteiger partial charge in [0.05, 0.1) is 14.2 Å². The third kappa shape index (κ3) is 4.39. The first kappa shape index (κ1) is 18.5. The van der Waals surface area contributed by atoms with E-state index in [0.29, 0.717) is 5.84 Å². The second kappa shape index (κ2) is 7.40. The number of urea groups is 1. The Morgan fingerprint density at radius 2 is 2.08 bits per heavy atom. The number of carbonyl (C=O) groups excluding carboxylic acids is 2. The van der Waals surface area contributed by atoms with Crippen molar-refractivity contribution < 1.29 is 27.5 Å². The van der Waals surface area contributed by atoms with Crippen molar-refractivity contribution in [2.75, 3.05) is 14.2 Å². The molecule has 2 rings (SSSR count). The van der Waals surface area contributed by atoms with Crippen LogP contribution in [0.5, 0.6) is 0 Å². The van der Waals surface area contributed by atoms with E-state index in [2.05, 4.69) is 20.6 Å². The van der Waals surface area contributed by atoms with Crippen molar-refractivity contribution in [3.8, 4) is 0 Å². The van der Waals surface area contributed by atoms with Crippen molar-refractivity contribution in [1.82, 2.24) is 20.7 Å². The Hall–Kier alpha value is -2.80. The lowest BCUT2D eigenvalue weighted by Gasteiger charge is -2.25. The van der Waals surface area contributed by atoms with Crippen LogP contribution < -0.4 is 15.6 Å². The number of amidine groups is 1. The van der Waals surface area contributed by atoms with Gasteiger partial charge in [-0.25, -0.2) is 28.2 Å². The van der Waals surface area contributed by atoms with Gasteiger partial charge >= 0.3 is 12.0 Å². The number of nitrogens with zero attached hydrogens (tertiary/aromatic N) is 2. The fourth-order valence-corrected chi connectivity index (χ4v) is 3.99. The maximum Gasteiger partial charge on any atom is 0.349 e. The van der Waals surface area contributed by atoms with Gasteiger partial charge in [-0.1, -0.05) is 0 Å². The summed E-state index contributed by atoms with van der Waals surface area (Å²) >= 11 is 0.885. The quantitative estimate of drug-likeness (QED) is 0.604. The van der Waals surface area contributed by atoms with E-state index >= 15 is 0 Å². The van der Waals surface area contributed by atoms with E-state index < -0.39 is 22.0 Å². The van der Waals surface area contributed by atoms with Crippen LogP contribution in [-0.2, 0) is 19.5 Å². The lowest BCUT2D eigenvalue weighted by molar-refractivity contribution is 0.0602. The van der Waals surface area contributed by atoms with Crippen LogP contribution in [0.2, 0.25) is 0 Å². The number of aliphatic imine (C=N–C) groups is 1. The average Bonchev–Trinajstić information content (AvgIpc) is 3.03. The molecule has 1 aromatic rings. The Labute approximate surface area is 147 Å². The molecule has 1 aliphatic heterocycles. The van der Waals surface area contributed by atoms with E-state index in [1.165, 1.54) is 24.8 Å². The molecule has 2 amide bonds. The molecule has 25 heavy (non-hydrogen) atoms. The lowest BCUT2D eigenvalue weighted by Crippen LogP contribution is -2.54. The van der Waals surface area contributed by atoms with Gasteiger partial charge in [0, 0.05) is 0 Å². The van der Waals surface area contributed by atoms with Gasteiger partial charge in [-0.2, -0.15) is 10.1 Å². The molecule has 1 aliphatic rings. The second-order valence-corrected chi connectivity index (χ2v) is 7.07. The molecule has 0 saturated carbocycles. The molecule has 0 saturated heterocycles. The summed E-state index contributed by atoms with van der Waals surface area (Å²) in [6, 6.07) is 0.140. The Balaban J connectivity index is 2.10. The van der Waals surface area contributed by atoms with Gasteiger partial charge in [-0.05, 0) is 18.4 Å². The molecule has 0 spiro atoms. The normalized spacial score (nSPS) is 14.0. The zero-order valence-electron chi connectivity index (χ0n) is 13.4. The van der Waals surface area contributed by atoms with E-state index in [1.54, 1.807) is 11.6 Å². The lowest BCUT2D eigenvalue weighted by atomic mass is 10.5. The van der Waals surface area contributed by atoms with Crippen LogP contribution in [0.4, 0.5) is 4.79 Å². The van der Waals surface area contributed by atoms with Crippen molar-refractivity contribution in [1.29, 1.82) is 0 Å². The first-order valence-electron chi connectivity index (χ1n) is 6.63. The van der Waals surface area contributed by atoms with E-state index in [9.17, 15) is 18.0 Å². The van der Waals surface area contributed by atoms with Gasteiger partial charge in [-0.15, -0.1) is 11.3 Å². The second-order valence-electron chi connectivity index (χ2n) is 4.50. The molecule has 2 heterocycles. The summed E-state index contributed by atoms with van der Waals surface area (Å²) in [5.41, 5.74) is 4.90. The SMILES string of the molecule is COC(=O)c1sccc1S(=O)(=O)NC(=O)NN1C=C(OC)N=C(C)N1. The highest BCUT2D eigenvalue weighted by Crippen LogP contribution is 2.22. The van der Waals surface area contributed by atoms with Gasteiger partial charge in [0.2, 0.25) is 5.88 Å². The Kier molecular flexibility index (Phi) is 5.48. The zero-order valence-corrected chi connectivity index (χ0v) is 15.0. The number of hydrazine groups is 2. The average molecular weight is 389 g/mol. The fourth-order valence-electron chi connectivity index (χ4n) is 1.75. The highest BCUT2D eigenvalue weighted by Gasteiger charge is 2.27. The number of sulfonamides is 1. The molecule has 11 nitrogen and oxygen atoms in total. The molecule has 0 unspecified atom stereocenters. The minimum Gasteiger partial charge on any atom is -0.480 e. The summed E-state index contributed by atoms with van der Waals surface area (Å²) in [4.78, 5) is 27.1. The van der Waals surface area contributed by atoms with Crippen LogP contribution in [0.1, 0.15) is 16.6 Å². The number of hydrogen-bond acceptors (Lipinski definition) is 10. The first-order chi connectivity index (χ1) is 11.8. The van der Waals surface area contributed by atoms with Crippen molar-refractivity contribution in [2.45, 2.75) is 11.8 Å². The monoisotopic (exact) mass is 389 g/mol. The van der Waals surface area contributed by atoms with Gasteiger partial charge in [0.25, 0.3) is 10.0 Å². The van der Waals surface area contributed by atoms with Crippen LogP contribution in [0.3, 0.4) is 0 Å². The number of carbonyl (C=O) groups is 2. The van der Waals surface area contributed by atoms with Crippen LogP contribution in [0.15, 0.2) is 33.4 Å². The predicted molar refractivity (Wildman–Crippen MR) is 87.7 cm³/mol. The summed E-state index contributed by atoms with van der Waals surface area (Å²) in [5, 5.41) is 2.47. The molecule has 0 atom stereocenters. The molecule has 136 valence electrons. The minimum absolute atomic E-state index is 0.136. The number of ether oxygens (including phenoxy) is 2. The summed E-state index contributed by atoms with van der Waals surface area (Å²) in [7, 11) is -1.75. The number of hydrogen-bond donors (Lipinski definition) is 3. The molecule has 0 aliphatic carbocycles. The maximum absolute atomic E-state index is 12.3. The van der Waals surface area contributed by atoms with Crippen molar-refractivity contribution in [3.05, 3.63) is 28.4 Å². The van der Waals surface area contributed by atoms with Gasteiger partial charge in [0.15, 0.2) is 0 Å². The van der Waals surface area contributed by atoms with Crippen LogP contribution in [-0.4, -0.2) is 45.6 Å². The largest absolute Gasteiger partial charge is 0.480 e. The highest BCUT2D eigenvalue weighted by molar-refractivity contribution is 7.90. The molecule has 0 bridgehead atoms. The third-order valence-electron chi connectivity index (χ3n) is 2.75. The van der Waals surface area contributed by atoms with E-state index in [4.69, 9.17) is 4.74 Å². The topological polar surface area (TPSA) is 138 Å². The molecule has 1 aromatic heterocycles. The number of nitrogens with one attached hydrogen (secondary N) is 3. The Morgan fingerprint density at radius 1 is 1.36 bits per heavy atom. The summed E-state index contributed by atoms with van der Waals surface area (Å²) in [6.45, 7) is 1.61. The number of esters is 1. The van der Waals surface area contributed by atoms with Crippen LogP contribution in [0, 0.1) is 0 Å². The number of rotatable bonds is 5. The zero-order chi connectivity index (χ0) is 18.6. The first-order valence-corrected chi connectivity index (χ1v) is 8.99. The van der Waals surface area contributed by atoms with Crippen molar-refractivity contribution >= 4 is 39.2 Å². The molecule has 0 radical (unpaired) electrons. The Morgan fingerprint density at radius 3 is 2.72 bits per heavy atom. The standard InChI is InChI=1S/C12H15N5O6S2/c1-7-13-9(22-2)6-17(14-7)15-12(19)16-25(20,21)8-4-5-24-10(8)11(18)23-3/h4-6H,1-3H3,(H,13,14)(H2,15,16,19).